The van der Waals surface area contributed by atoms with Gasteiger partial charge in [0.1, 0.15) is 0 Å². The highest BCUT2D eigenvalue weighted by atomic mass is 35.5. The van der Waals surface area contributed by atoms with Gasteiger partial charge in [0.2, 0.25) is 0 Å². The van der Waals surface area contributed by atoms with Gasteiger partial charge in [0.05, 0.1) is 27.3 Å². The summed E-state index contributed by atoms with van der Waals surface area (Å²) < 4.78 is 12.2. The van der Waals surface area contributed by atoms with Crippen molar-refractivity contribution in [3.8, 4) is 0 Å². The quantitative estimate of drug-likeness (QED) is 0.708. The van der Waals surface area contributed by atoms with E-state index in [9.17, 15) is 4.21 Å². The molecular weight excluding hydrogens is 413 g/mol. The number of hydrogen-bond acceptors (Lipinski definition) is 4. The number of fused-ring (bicyclic) bond motifs is 1. The van der Waals surface area contributed by atoms with Gasteiger partial charge >= 0.3 is 0 Å². The van der Waals surface area contributed by atoms with E-state index in [1.165, 1.54) is 5.56 Å². The van der Waals surface area contributed by atoms with Crippen LogP contribution in [0.4, 0.5) is 5.69 Å². The minimum Gasteiger partial charge on any atom is -0.361 e. The molecule has 7 heteroatoms. The molecule has 1 saturated heterocycles. The van der Waals surface area contributed by atoms with Crippen LogP contribution in [0, 0.1) is 0 Å². The highest BCUT2D eigenvalue weighted by Crippen LogP contribution is 2.31. The van der Waals surface area contributed by atoms with Crippen LogP contribution < -0.4 is 4.90 Å². The standard InChI is InChI=1S/C21H25Cl2N3OS/c1-24-15-28(27)21-12-16(2-5-20(21)24)6-7-25-8-10-26(11-9-25)14-17-3-4-18(22)13-19(17)23/h2-5,12-13H,6-11,14-15H2,1H3. The lowest BCUT2D eigenvalue weighted by molar-refractivity contribution is 0.128. The van der Waals surface area contributed by atoms with Crippen LogP contribution in [0.2, 0.25) is 10.0 Å². The molecule has 4 nitrogen and oxygen atoms in total. The average molecular weight is 438 g/mol. The lowest BCUT2D eigenvalue weighted by Crippen LogP contribution is -2.46. The van der Waals surface area contributed by atoms with Crippen LogP contribution in [-0.2, 0) is 23.8 Å². The largest absolute Gasteiger partial charge is 0.361 e. The van der Waals surface area contributed by atoms with Crippen LogP contribution in [0.1, 0.15) is 11.1 Å². The number of hydrogen-bond donors (Lipinski definition) is 0. The first-order valence-corrected chi connectivity index (χ1v) is 11.7. The molecule has 1 fully saturated rings. The fourth-order valence-corrected chi connectivity index (χ4v) is 5.71. The van der Waals surface area contributed by atoms with Gasteiger partial charge in [-0.2, -0.15) is 0 Å². The summed E-state index contributed by atoms with van der Waals surface area (Å²) in [6, 6.07) is 12.2. The minimum absolute atomic E-state index is 0.610. The van der Waals surface area contributed by atoms with Gasteiger partial charge in [0.15, 0.2) is 0 Å². The van der Waals surface area contributed by atoms with E-state index in [0.717, 1.165) is 66.9 Å². The number of anilines is 1. The Hall–Kier alpha value is -1.11. The number of piperazine rings is 1. The van der Waals surface area contributed by atoms with E-state index < -0.39 is 10.8 Å². The highest BCUT2D eigenvalue weighted by Gasteiger charge is 2.23. The topological polar surface area (TPSA) is 26.8 Å². The first kappa shape index (κ1) is 20.2. The van der Waals surface area contributed by atoms with Gasteiger partial charge in [-0.05, 0) is 41.8 Å². The molecule has 2 heterocycles. The summed E-state index contributed by atoms with van der Waals surface area (Å²) in [5.74, 6) is 0.610. The van der Waals surface area contributed by atoms with Crippen LogP contribution >= 0.6 is 23.2 Å². The first-order valence-electron chi connectivity index (χ1n) is 9.61. The van der Waals surface area contributed by atoms with Crippen LogP contribution in [0.15, 0.2) is 41.3 Å². The zero-order valence-electron chi connectivity index (χ0n) is 16.0. The van der Waals surface area contributed by atoms with Gasteiger partial charge in [-0.3, -0.25) is 9.11 Å². The maximum absolute atomic E-state index is 12.2. The predicted molar refractivity (Wildman–Crippen MR) is 118 cm³/mol. The summed E-state index contributed by atoms with van der Waals surface area (Å²) in [6.07, 6.45) is 0.997. The van der Waals surface area contributed by atoms with Crippen molar-refractivity contribution in [1.29, 1.82) is 0 Å². The number of halogens is 2. The molecule has 0 radical (unpaired) electrons. The van der Waals surface area contributed by atoms with Crippen molar-refractivity contribution < 1.29 is 4.21 Å². The summed E-state index contributed by atoms with van der Waals surface area (Å²) in [7, 11) is 1.11. The molecule has 2 aromatic carbocycles. The van der Waals surface area contributed by atoms with Gasteiger partial charge in [-0.25, -0.2) is 0 Å². The molecule has 4 rings (SSSR count). The summed E-state index contributed by atoms with van der Waals surface area (Å²) in [6.45, 7) is 6.11. The molecule has 2 aliphatic heterocycles. The molecule has 0 amide bonds. The molecule has 0 spiro atoms. The number of nitrogens with zero attached hydrogens (tertiary/aromatic N) is 3. The molecule has 1 unspecified atom stereocenters. The van der Waals surface area contributed by atoms with Crippen molar-refractivity contribution in [2.75, 3.05) is 50.5 Å². The third-order valence-electron chi connectivity index (χ3n) is 5.58. The molecule has 0 bridgehead atoms. The second kappa shape index (κ2) is 8.72. The van der Waals surface area contributed by atoms with E-state index >= 15 is 0 Å². The molecule has 0 N–H and O–H groups in total. The summed E-state index contributed by atoms with van der Waals surface area (Å²) in [4.78, 5) is 8.02. The fourth-order valence-electron chi connectivity index (χ4n) is 3.88. The maximum Gasteiger partial charge on any atom is 0.0982 e. The molecule has 2 aliphatic rings. The molecule has 28 heavy (non-hydrogen) atoms. The Morgan fingerprint density at radius 1 is 1.00 bits per heavy atom. The lowest BCUT2D eigenvalue weighted by Gasteiger charge is -2.35. The second-order valence-electron chi connectivity index (χ2n) is 7.58. The zero-order chi connectivity index (χ0) is 19.7. The summed E-state index contributed by atoms with van der Waals surface area (Å²) in [5.41, 5.74) is 3.52. The zero-order valence-corrected chi connectivity index (χ0v) is 18.4. The van der Waals surface area contributed by atoms with Gasteiger partial charge < -0.3 is 9.80 Å². The maximum atomic E-state index is 12.2. The predicted octanol–water partition coefficient (Wildman–Crippen LogP) is 3.87. The number of rotatable bonds is 5. The van der Waals surface area contributed by atoms with Gasteiger partial charge in [0.25, 0.3) is 0 Å². The van der Waals surface area contributed by atoms with E-state index in [1.54, 1.807) is 0 Å². The van der Waals surface area contributed by atoms with E-state index in [0.29, 0.717) is 10.9 Å². The second-order valence-corrected chi connectivity index (χ2v) is 9.81. The van der Waals surface area contributed by atoms with Gasteiger partial charge in [-0.15, -0.1) is 0 Å². The molecule has 0 aromatic heterocycles. The monoisotopic (exact) mass is 437 g/mol. The smallest absolute Gasteiger partial charge is 0.0982 e. The summed E-state index contributed by atoms with van der Waals surface area (Å²) >= 11 is 12.3. The SMILES string of the molecule is CN1CS(=O)c2cc(CCN3CCN(Cc4ccc(Cl)cc4Cl)CC3)ccc21. The molecule has 0 saturated carbocycles. The Kier molecular flexibility index (Phi) is 6.28. The van der Waals surface area contributed by atoms with Crippen LogP contribution in [0.25, 0.3) is 0 Å². The van der Waals surface area contributed by atoms with Crippen molar-refractivity contribution >= 4 is 39.7 Å². The highest BCUT2D eigenvalue weighted by molar-refractivity contribution is 7.85. The van der Waals surface area contributed by atoms with Crippen molar-refractivity contribution in [3.63, 3.8) is 0 Å². The first-order chi connectivity index (χ1) is 13.5. The minimum atomic E-state index is -0.888. The lowest BCUT2D eigenvalue weighted by atomic mass is 10.1. The molecular formula is C21H25Cl2N3OS. The van der Waals surface area contributed by atoms with Gasteiger partial charge in [-0.1, -0.05) is 35.3 Å². The average Bonchev–Trinajstić information content (AvgIpc) is 2.97. The normalized spacial score (nSPS) is 20.5. The third kappa shape index (κ3) is 4.55. The van der Waals surface area contributed by atoms with Crippen LogP contribution in [-0.4, -0.2) is 59.7 Å². The Morgan fingerprint density at radius 3 is 2.50 bits per heavy atom. The van der Waals surface area contributed by atoms with E-state index in [-0.39, 0.29) is 0 Å². The van der Waals surface area contributed by atoms with Gasteiger partial charge in [0, 0.05) is 56.4 Å². The van der Waals surface area contributed by atoms with E-state index in [2.05, 4.69) is 32.9 Å². The van der Waals surface area contributed by atoms with E-state index in [4.69, 9.17) is 23.2 Å². The molecule has 1 atom stereocenters. The molecule has 0 aliphatic carbocycles. The Labute approximate surface area is 179 Å². The van der Waals surface area contributed by atoms with E-state index in [1.807, 2.05) is 25.2 Å². The Balaban J connectivity index is 1.27. The third-order valence-corrected chi connectivity index (χ3v) is 7.61. The Morgan fingerprint density at radius 2 is 1.75 bits per heavy atom. The van der Waals surface area contributed by atoms with Crippen molar-refractivity contribution in [1.82, 2.24) is 9.80 Å². The van der Waals surface area contributed by atoms with Crippen molar-refractivity contribution in [3.05, 3.63) is 57.6 Å². The molecule has 150 valence electrons. The number of benzene rings is 2. The van der Waals surface area contributed by atoms with Crippen LogP contribution in [0.5, 0.6) is 0 Å². The summed E-state index contributed by atoms with van der Waals surface area (Å²) in [5, 5.41) is 1.43. The van der Waals surface area contributed by atoms with Crippen molar-refractivity contribution in [2.24, 2.45) is 0 Å². The fraction of sp³-hybridized carbons (Fsp3) is 0.429. The molecule has 2 aromatic rings. The van der Waals surface area contributed by atoms with Crippen LogP contribution in [0.3, 0.4) is 0 Å². The van der Waals surface area contributed by atoms with Crippen molar-refractivity contribution in [2.45, 2.75) is 17.9 Å². The Bertz CT molecular complexity index is 884.